The van der Waals surface area contributed by atoms with Crippen LogP contribution in [0.25, 0.3) is 0 Å². The molecule has 0 spiro atoms. The van der Waals surface area contributed by atoms with E-state index in [1.807, 2.05) is 56.4 Å². The first-order valence-electron chi connectivity index (χ1n) is 6.83. The van der Waals surface area contributed by atoms with E-state index in [9.17, 15) is 4.79 Å². The second-order valence-corrected chi connectivity index (χ2v) is 4.81. The van der Waals surface area contributed by atoms with Crippen molar-refractivity contribution in [2.45, 2.75) is 13.5 Å². The second-order valence-electron chi connectivity index (χ2n) is 4.81. The van der Waals surface area contributed by atoms with E-state index in [4.69, 9.17) is 4.74 Å². The lowest BCUT2D eigenvalue weighted by Gasteiger charge is -2.09. The van der Waals surface area contributed by atoms with Crippen molar-refractivity contribution in [1.82, 2.24) is 5.32 Å². The number of ether oxygens (including phenoxy) is 1. The summed E-state index contributed by atoms with van der Waals surface area (Å²) in [4.78, 5) is 12.2. The minimum Gasteiger partial charge on any atom is -0.497 e. The Bertz CT molecular complexity index is 638. The summed E-state index contributed by atoms with van der Waals surface area (Å²) in [5.41, 5.74) is 3.74. The van der Waals surface area contributed by atoms with E-state index >= 15 is 0 Å². The second kappa shape index (κ2) is 6.79. The van der Waals surface area contributed by atoms with E-state index in [2.05, 4.69) is 10.6 Å². The third kappa shape index (κ3) is 3.75. The molecule has 0 aliphatic rings. The molecule has 2 rings (SSSR count). The fourth-order valence-electron chi connectivity index (χ4n) is 2.15. The van der Waals surface area contributed by atoms with E-state index in [0.29, 0.717) is 12.1 Å². The molecule has 1 amide bonds. The number of amides is 1. The molecule has 0 saturated carbocycles. The van der Waals surface area contributed by atoms with Crippen LogP contribution in [0.4, 0.5) is 5.69 Å². The van der Waals surface area contributed by atoms with Crippen molar-refractivity contribution in [2.24, 2.45) is 0 Å². The van der Waals surface area contributed by atoms with E-state index in [1.165, 1.54) is 0 Å². The van der Waals surface area contributed by atoms with E-state index in [1.54, 1.807) is 7.11 Å². The average molecular weight is 284 g/mol. The Morgan fingerprint density at radius 2 is 2.00 bits per heavy atom. The Morgan fingerprint density at radius 1 is 1.19 bits per heavy atom. The summed E-state index contributed by atoms with van der Waals surface area (Å²) < 4.78 is 5.17. The Kier molecular flexibility index (Phi) is 4.82. The van der Waals surface area contributed by atoms with Gasteiger partial charge in [0.05, 0.1) is 7.11 Å². The molecule has 0 heterocycles. The molecule has 4 nitrogen and oxygen atoms in total. The van der Waals surface area contributed by atoms with Gasteiger partial charge in [0, 0.05) is 24.8 Å². The third-order valence-electron chi connectivity index (χ3n) is 3.35. The number of benzene rings is 2. The molecule has 0 aliphatic carbocycles. The van der Waals surface area contributed by atoms with Crippen molar-refractivity contribution in [3.05, 3.63) is 59.2 Å². The minimum absolute atomic E-state index is 0.0800. The molecule has 0 saturated heterocycles. The van der Waals surface area contributed by atoms with Gasteiger partial charge in [-0.3, -0.25) is 4.79 Å². The van der Waals surface area contributed by atoms with Crippen LogP contribution in [0.3, 0.4) is 0 Å². The fraction of sp³-hybridized carbons (Fsp3) is 0.235. The number of carbonyl (C=O) groups is 1. The van der Waals surface area contributed by atoms with Crippen LogP contribution in [0.1, 0.15) is 21.5 Å². The summed E-state index contributed by atoms with van der Waals surface area (Å²) in [6, 6.07) is 13.3. The molecule has 0 aliphatic heterocycles. The largest absolute Gasteiger partial charge is 0.497 e. The van der Waals surface area contributed by atoms with Gasteiger partial charge in [-0.15, -0.1) is 0 Å². The van der Waals surface area contributed by atoms with Crippen LogP contribution in [0.2, 0.25) is 0 Å². The molecule has 0 atom stereocenters. The van der Waals surface area contributed by atoms with Crippen LogP contribution < -0.4 is 15.4 Å². The van der Waals surface area contributed by atoms with Gasteiger partial charge in [0.25, 0.3) is 5.91 Å². The van der Waals surface area contributed by atoms with Crippen LogP contribution >= 0.6 is 0 Å². The van der Waals surface area contributed by atoms with Crippen molar-refractivity contribution >= 4 is 11.6 Å². The predicted octanol–water partition coefficient (Wildman–Crippen LogP) is 2.98. The molecule has 0 fully saturated rings. The van der Waals surface area contributed by atoms with Crippen LogP contribution in [0, 0.1) is 6.92 Å². The summed E-state index contributed by atoms with van der Waals surface area (Å²) >= 11 is 0. The molecule has 0 bridgehead atoms. The lowest BCUT2D eigenvalue weighted by molar-refractivity contribution is 0.0951. The lowest BCUT2D eigenvalue weighted by atomic mass is 10.1. The van der Waals surface area contributed by atoms with Gasteiger partial charge in [-0.1, -0.05) is 12.1 Å². The molecule has 0 unspecified atom stereocenters. The number of anilines is 1. The van der Waals surface area contributed by atoms with Gasteiger partial charge in [0.1, 0.15) is 5.75 Å². The summed E-state index contributed by atoms with van der Waals surface area (Å²) in [6.45, 7) is 2.45. The van der Waals surface area contributed by atoms with Gasteiger partial charge >= 0.3 is 0 Å². The first kappa shape index (κ1) is 14.9. The zero-order valence-electron chi connectivity index (χ0n) is 12.6. The van der Waals surface area contributed by atoms with Crippen LogP contribution in [-0.2, 0) is 6.54 Å². The van der Waals surface area contributed by atoms with E-state index < -0.39 is 0 Å². The highest BCUT2D eigenvalue weighted by atomic mass is 16.5. The van der Waals surface area contributed by atoms with Gasteiger partial charge in [-0.2, -0.15) is 0 Å². The molecule has 0 radical (unpaired) electrons. The number of hydrogen-bond acceptors (Lipinski definition) is 3. The highest BCUT2D eigenvalue weighted by Crippen LogP contribution is 2.16. The zero-order chi connectivity index (χ0) is 15.2. The summed E-state index contributed by atoms with van der Waals surface area (Å²) in [6.07, 6.45) is 0. The first-order valence-corrected chi connectivity index (χ1v) is 6.83. The Labute approximate surface area is 125 Å². The molecule has 110 valence electrons. The summed E-state index contributed by atoms with van der Waals surface area (Å²) in [5.74, 6) is 0.708. The number of aryl methyl sites for hydroxylation is 1. The van der Waals surface area contributed by atoms with Gasteiger partial charge < -0.3 is 15.4 Å². The quantitative estimate of drug-likeness (QED) is 0.887. The maximum absolute atomic E-state index is 12.2. The molecule has 2 aromatic carbocycles. The van der Waals surface area contributed by atoms with Gasteiger partial charge in [-0.25, -0.2) is 0 Å². The lowest BCUT2D eigenvalue weighted by Crippen LogP contribution is -2.22. The highest BCUT2D eigenvalue weighted by molar-refractivity contribution is 5.94. The van der Waals surface area contributed by atoms with Crippen molar-refractivity contribution < 1.29 is 9.53 Å². The van der Waals surface area contributed by atoms with Gasteiger partial charge in [-0.05, 0) is 48.4 Å². The standard InChI is InChI=1S/C17H20N2O2/c1-12-9-14(7-8-16(12)18-2)17(20)19-11-13-5-4-6-15(10-13)21-3/h4-10,18H,11H2,1-3H3,(H,19,20). The van der Waals surface area contributed by atoms with Crippen molar-refractivity contribution in [2.75, 3.05) is 19.5 Å². The van der Waals surface area contributed by atoms with Crippen LogP contribution in [-0.4, -0.2) is 20.1 Å². The van der Waals surface area contributed by atoms with Crippen LogP contribution in [0.5, 0.6) is 5.75 Å². The van der Waals surface area contributed by atoms with Gasteiger partial charge in [0.2, 0.25) is 0 Å². The normalized spacial score (nSPS) is 10.0. The van der Waals surface area contributed by atoms with Crippen LogP contribution in [0.15, 0.2) is 42.5 Å². The molecule has 2 aromatic rings. The number of methoxy groups -OCH3 is 1. The molecular formula is C17H20N2O2. The zero-order valence-corrected chi connectivity index (χ0v) is 12.6. The highest BCUT2D eigenvalue weighted by Gasteiger charge is 2.07. The minimum atomic E-state index is -0.0800. The topological polar surface area (TPSA) is 50.4 Å². The number of hydrogen-bond donors (Lipinski definition) is 2. The SMILES string of the molecule is CNc1ccc(C(=O)NCc2cccc(OC)c2)cc1C. The van der Waals surface area contributed by atoms with E-state index in [-0.39, 0.29) is 5.91 Å². The van der Waals surface area contributed by atoms with Crippen molar-refractivity contribution in [3.8, 4) is 5.75 Å². The Morgan fingerprint density at radius 3 is 2.67 bits per heavy atom. The maximum Gasteiger partial charge on any atom is 0.251 e. The Balaban J connectivity index is 2.02. The average Bonchev–Trinajstić information content (AvgIpc) is 2.52. The Hall–Kier alpha value is -2.49. The van der Waals surface area contributed by atoms with Crippen molar-refractivity contribution in [1.29, 1.82) is 0 Å². The molecular weight excluding hydrogens is 264 g/mol. The summed E-state index contributed by atoms with van der Waals surface area (Å²) in [5, 5.41) is 6.00. The molecule has 2 N–H and O–H groups in total. The molecule has 4 heteroatoms. The van der Waals surface area contributed by atoms with E-state index in [0.717, 1.165) is 22.6 Å². The number of carbonyl (C=O) groups excluding carboxylic acids is 1. The maximum atomic E-state index is 12.2. The number of nitrogens with one attached hydrogen (secondary N) is 2. The monoisotopic (exact) mass is 284 g/mol. The smallest absolute Gasteiger partial charge is 0.251 e. The van der Waals surface area contributed by atoms with Gasteiger partial charge in [0.15, 0.2) is 0 Å². The number of rotatable bonds is 5. The predicted molar refractivity (Wildman–Crippen MR) is 84.9 cm³/mol. The fourth-order valence-corrected chi connectivity index (χ4v) is 2.15. The molecule has 21 heavy (non-hydrogen) atoms. The van der Waals surface area contributed by atoms with Crippen molar-refractivity contribution in [3.63, 3.8) is 0 Å². The summed E-state index contributed by atoms with van der Waals surface area (Å²) in [7, 11) is 3.49. The third-order valence-corrected chi connectivity index (χ3v) is 3.35. The molecule has 0 aromatic heterocycles. The first-order chi connectivity index (χ1) is 10.1.